The molecule has 0 saturated carbocycles. The number of hydrogen-bond donors (Lipinski definition) is 0. The molecule has 1 fully saturated rings. The van der Waals surface area contributed by atoms with E-state index in [9.17, 15) is 14.9 Å². The van der Waals surface area contributed by atoms with Gasteiger partial charge < -0.3 is 33.2 Å². The van der Waals surface area contributed by atoms with Crippen molar-refractivity contribution < 1.29 is 42.9 Å². The Bertz CT molecular complexity index is 1780. The highest BCUT2D eigenvalue weighted by molar-refractivity contribution is 5.79. The Labute approximate surface area is 256 Å². The van der Waals surface area contributed by atoms with Gasteiger partial charge in [0.1, 0.15) is 18.1 Å². The maximum absolute atomic E-state index is 13.5. The summed E-state index contributed by atoms with van der Waals surface area (Å²) in [6.45, 7) is 0.275. The van der Waals surface area contributed by atoms with E-state index in [4.69, 9.17) is 33.2 Å². The first-order valence-electron chi connectivity index (χ1n) is 14.1. The SMILES string of the molecule is COc1cc([C@@H]2c3cc4c(cc3[C@H](n3cc(COc5cccc([N+](=O)[O-])c5)nn3)[C@H]3COC(=O)[C@H]23)OCO4)cc(OC)c1OC. The number of cyclic esters (lactones) is 1. The molecule has 7 rings (SSSR count). The van der Waals surface area contributed by atoms with Gasteiger partial charge in [0, 0.05) is 17.9 Å². The van der Waals surface area contributed by atoms with Gasteiger partial charge in [-0.05, 0) is 47.0 Å². The van der Waals surface area contributed by atoms with Crippen LogP contribution in [0.15, 0.2) is 54.7 Å². The van der Waals surface area contributed by atoms with Crippen molar-refractivity contribution in [1.29, 1.82) is 0 Å². The Morgan fingerprint density at radius 3 is 2.40 bits per heavy atom. The predicted octanol–water partition coefficient (Wildman–Crippen LogP) is 4.04. The lowest BCUT2D eigenvalue weighted by molar-refractivity contribution is -0.384. The molecular formula is C31H28N4O10. The number of carbonyl (C=O) groups excluding carboxylic acids is 1. The Morgan fingerprint density at radius 2 is 1.71 bits per heavy atom. The molecule has 4 atom stereocenters. The number of hydrogen-bond acceptors (Lipinski definition) is 12. The summed E-state index contributed by atoms with van der Waals surface area (Å²) < 4.78 is 41.5. The lowest BCUT2D eigenvalue weighted by Crippen LogP contribution is -2.37. The molecule has 14 heteroatoms. The van der Waals surface area contributed by atoms with E-state index >= 15 is 0 Å². The van der Waals surface area contributed by atoms with E-state index in [1.807, 2.05) is 24.3 Å². The highest BCUT2D eigenvalue weighted by atomic mass is 16.7. The maximum Gasteiger partial charge on any atom is 0.310 e. The highest BCUT2D eigenvalue weighted by Gasteiger charge is 2.53. The predicted molar refractivity (Wildman–Crippen MR) is 154 cm³/mol. The van der Waals surface area contributed by atoms with Gasteiger partial charge in [-0.1, -0.05) is 11.3 Å². The fourth-order valence-electron chi connectivity index (χ4n) is 6.51. The van der Waals surface area contributed by atoms with E-state index in [1.165, 1.54) is 19.2 Å². The second-order valence-electron chi connectivity index (χ2n) is 10.8. The molecule has 0 bridgehead atoms. The van der Waals surface area contributed by atoms with E-state index in [1.54, 1.807) is 37.2 Å². The minimum atomic E-state index is -0.584. The van der Waals surface area contributed by atoms with Crippen molar-refractivity contribution in [3.8, 4) is 34.5 Å². The summed E-state index contributed by atoms with van der Waals surface area (Å²) >= 11 is 0. The van der Waals surface area contributed by atoms with E-state index in [2.05, 4.69) is 10.3 Å². The van der Waals surface area contributed by atoms with Crippen LogP contribution >= 0.6 is 0 Å². The summed E-state index contributed by atoms with van der Waals surface area (Å²) in [5, 5.41) is 19.9. The van der Waals surface area contributed by atoms with Gasteiger partial charge in [-0.15, -0.1) is 5.10 Å². The molecule has 0 unspecified atom stereocenters. The van der Waals surface area contributed by atoms with Gasteiger partial charge in [-0.3, -0.25) is 14.9 Å². The molecule has 0 spiro atoms. The monoisotopic (exact) mass is 616 g/mol. The minimum absolute atomic E-state index is 0.0273. The minimum Gasteiger partial charge on any atom is -0.493 e. The van der Waals surface area contributed by atoms with Crippen molar-refractivity contribution in [3.63, 3.8) is 0 Å². The van der Waals surface area contributed by atoms with Crippen LogP contribution in [-0.2, 0) is 16.1 Å². The fourth-order valence-corrected chi connectivity index (χ4v) is 6.51. The Morgan fingerprint density at radius 1 is 0.978 bits per heavy atom. The molecule has 45 heavy (non-hydrogen) atoms. The second kappa shape index (κ2) is 11.2. The van der Waals surface area contributed by atoms with Crippen molar-refractivity contribution in [2.24, 2.45) is 11.8 Å². The van der Waals surface area contributed by atoms with Gasteiger partial charge in [0.05, 0.1) is 57.1 Å². The van der Waals surface area contributed by atoms with E-state index in [0.717, 1.165) is 16.7 Å². The van der Waals surface area contributed by atoms with Crippen LogP contribution < -0.4 is 28.4 Å². The van der Waals surface area contributed by atoms with E-state index in [-0.39, 0.29) is 37.6 Å². The summed E-state index contributed by atoms with van der Waals surface area (Å²) in [4.78, 5) is 24.2. The number of rotatable bonds is 9. The third kappa shape index (κ3) is 4.78. The number of aromatic nitrogens is 3. The molecule has 3 aromatic carbocycles. The molecule has 1 aromatic heterocycles. The van der Waals surface area contributed by atoms with Gasteiger partial charge in [0.25, 0.3) is 5.69 Å². The molecule has 3 heterocycles. The molecule has 0 amide bonds. The number of fused-ring (bicyclic) bond motifs is 3. The molecule has 4 aromatic rings. The second-order valence-corrected chi connectivity index (χ2v) is 10.8. The topological polar surface area (TPSA) is 156 Å². The Balaban J connectivity index is 1.30. The molecule has 1 saturated heterocycles. The number of nitro groups is 1. The molecule has 0 radical (unpaired) electrons. The third-order valence-electron chi connectivity index (χ3n) is 8.45. The number of nitrogens with zero attached hydrogens (tertiary/aromatic N) is 4. The summed E-state index contributed by atoms with van der Waals surface area (Å²) in [6.07, 6.45) is 1.75. The van der Waals surface area contributed by atoms with Gasteiger partial charge in [0.15, 0.2) is 23.0 Å². The van der Waals surface area contributed by atoms with Gasteiger partial charge in [-0.25, -0.2) is 4.68 Å². The van der Waals surface area contributed by atoms with E-state index in [0.29, 0.717) is 40.2 Å². The van der Waals surface area contributed by atoms with Crippen LogP contribution in [0.2, 0.25) is 0 Å². The molecule has 0 N–H and O–H groups in total. The highest BCUT2D eigenvalue weighted by Crippen LogP contribution is 2.56. The number of ether oxygens (including phenoxy) is 7. The smallest absolute Gasteiger partial charge is 0.310 e. The number of benzene rings is 3. The molecule has 232 valence electrons. The summed E-state index contributed by atoms with van der Waals surface area (Å²) in [5.74, 6) is 1.17. The average molecular weight is 617 g/mol. The van der Waals surface area contributed by atoms with Crippen LogP contribution in [0.3, 0.4) is 0 Å². The van der Waals surface area contributed by atoms with Crippen LogP contribution in [0.5, 0.6) is 34.5 Å². The normalized spacial score (nSPS) is 21.0. The third-order valence-corrected chi connectivity index (χ3v) is 8.45. The van der Waals surface area contributed by atoms with Crippen LogP contribution in [0.25, 0.3) is 0 Å². The molecular weight excluding hydrogens is 588 g/mol. The Hall–Kier alpha value is -5.53. The van der Waals surface area contributed by atoms with Gasteiger partial charge in [-0.2, -0.15) is 0 Å². The molecule has 1 aliphatic carbocycles. The Kier molecular flexibility index (Phi) is 7.03. The number of non-ortho nitro benzene ring substituents is 1. The van der Waals surface area contributed by atoms with Crippen LogP contribution in [0.4, 0.5) is 5.69 Å². The van der Waals surface area contributed by atoms with Crippen molar-refractivity contribution in [2.75, 3.05) is 34.7 Å². The van der Waals surface area contributed by atoms with Crippen LogP contribution in [-0.4, -0.2) is 60.6 Å². The maximum atomic E-state index is 13.5. The number of methoxy groups -OCH3 is 3. The standard InChI is InChI=1S/C31H28N4O10/c1-39-25-7-16(8-26(40-2)30(25)41-3)27-20-10-23-24(45-15-44-23)11-21(20)29(22-14-43-31(36)28(22)27)34-12-17(32-33-34)13-42-19-6-4-5-18(9-19)35(37)38/h4-12,22,27-29H,13-15H2,1-3H3/t22-,27+,28-,29-/m0/s1. The van der Waals surface area contributed by atoms with Crippen molar-refractivity contribution in [3.05, 3.63) is 87.2 Å². The van der Waals surface area contributed by atoms with Gasteiger partial charge in [0.2, 0.25) is 12.5 Å². The number of esters is 1. The first kappa shape index (κ1) is 28.3. The lowest BCUT2D eigenvalue weighted by Gasteiger charge is -2.39. The van der Waals surface area contributed by atoms with Gasteiger partial charge >= 0.3 is 5.97 Å². The first-order chi connectivity index (χ1) is 21.9. The zero-order chi connectivity index (χ0) is 31.2. The fraction of sp³-hybridized carbons (Fsp3) is 0.323. The molecule has 2 aliphatic heterocycles. The first-order valence-corrected chi connectivity index (χ1v) is 14.1. The van der Waals surface area contributed by atoms with Crippen LogP contribution in [0.1, 0.15) is 34.3 Å². The van der Waals surface area contributed by atoms with Crippen molar-refractivity contribution in [1.82, 2.24) is 15.0 Å². The summed E-state index contributed by atoms with van der Waals surface area (Å²) in [6, 6.07) is 13.0. The largest absolute Gasteiger partial charge is 0.493 e. The van der Waals surface area contributed by atoms with Crippen LogP contribution in [0, 0.1) is 22.0 Å². The lowest BCUT2D eigenvalue weighted by atomic mass is 9.65. The number of nitro benzene ring substituents is 1. The zero-order valence-corrected chi connectivity index (χ0v) is 24.5. The summed E-state index contributed by atoms with van der Waals surface area (Å²) in [5.41, 5.74) is 2.91. The average Bonchev–Trinajstić information content (AvgIpc) is 3.81. The van der Waals surface area contributed by atoms with Crippen molar-refractivity contribution in [2.45, 2.75) is 18.6 Å². The molecule has 14 nitrogen and oxygen atoms in total. The summed E-state index contributed by atoms with van der Waals surface area (Å²) in [7, 11) is 4.62. The number of carbonyl (C=O) groups is 1. The zero-order valence-electron chi connectivity index (χ0n) is 24.5. The molecule has 3 aliphatic rings. The van der Waals surface area contributed by atoms with Crippen molar-refractivity contribution >= 4 is 11.7 Å². The quantitative estimate of drug-likeness (QED) is 0.151. The van der Waals surface area contributed by atoms with E-state index < -0.39 is 22.8 Å².